The highest BCUT2D eigenvalue weighted by Crippen LogP contribution is 2.30. The van der Waals surface area contributed by atoms with Crippen LogP contribution in [0.15, 0.2) is 73.8 Å². The number of aromatic nitrogens is 4. The van der Waals surface area contributed by atoms with Crippen LogP contribution in [0.3, 0.4) is 0 Å². The summed E-state index contributed by atoms with van der Waals surface area (Å²) in [7, 11) is 0. The van der Waals surface area contributed by atoms with Crippen LogP contribution in [0.25, 0.3) is 11.4 Å². The zero-order chi connectivity index (χ0) is 33.9. The summed E-state index contributed by atoms with van der Waals surface area (Å²) in [4.78, 5) is 53.9. The summed E-state index contributed by atoms with van der Waals surface area (Å²) < 4.78 is 3.53. The van der Waals surface area contributed by atoms with Gasteiger partial charge in [0, 0.05) is 94.3 Å². The van der Waals surface area contributed by atoms with E-state index in [1.54, 1.807) is 48.5 Å². The van der Waals surface area contributed by atoms with Crippen molar-refractivity contribution in [2.24, 2.45) is 0 Å². The molecule has 2 aromatic carbocycles. The van der Waals surface area contributed by atoms with Crippen LogP contribution in [0.5, 0.6) is 0 Å². The number of nitrogens with one attached hydrogen (secondary N) is 2. The van der Waals surface area contributed by atoms with Gasteiger partial charge in [-0.25, -0.2) is 9.97 Å². The largest absolute Gasteiger partial charge is 0.483 e. The minimum absolute atomic E-state index is 0. The van der Waals surface area contributed by atoms with Crippen molar-refractivity contribution in [2.75, 3.05) is 41.7 Å². The molecule has 2 saturated heterocycles. The van der Waals surface area contributed by atoms with E-state index < -0.39 is 4.92 Å². The molecule has 256 valence electrons. The van der Waals surface area contributed by atoms with E-state index in [-0.39, 0.29) is 42.2 Å². The second kappa shape index (κ2) is 17.1. The lowest BCUT2D eigenvalue weighted by atomic mass is 10.2. The van der Waals surface area contributed by atoms with Gasteiger partial charge in [0.2, 0.25) is 11.8 Å². The van der Waals surface area contributed by atoms with Gasteiger partial charge < -0.3 is 46.6 Å². The maximum atomic E-state index is 11.2. The lowest BCUT2D eigenvalue weighted by Crippen LogP contribution is -2.35. The number of hydrogen-bond donors (Lipinski definition) is 5. The summed E-state index contributed by atoms with van der Waals surface area (Å²) in [5.41, 5.74) is 10.2. The molecule has 2 aliphatic rings. The third kappa shape index (κ3) is 9.52. The Bertz CT molecular complexity index is 1660. The Morgan fingerprint density at radius 1 is 0.896 bits per heavy atom. The molecule has 0 bridgehead atoms. The van der Waals surface area contributed by atoms with Crippen molar-refractivity contribution in [2.45, 2.75) is 38.8 Å². The fourth-order valence-electron chi connectivity index (χ4n) is 5.63. The van der Waals surface area contributed by atoms with Gasteiger partial charge in [-0.15, -0.1) is 0 Å². The second-order valence-electron chi connectivity index (χ2n) is 11.0. The van der Waals surface area contributed by atoms with Gasteiger partial charge in [-0.05, 0) is 43.2 Å². The van der Waals surface area contributed by atoms with Crippen molar-refractivity contribution in [1.82, 2.24) is 35.9 Å². The van der Waals surface area contributed by atoms with E-state index in [0.29, 0.717) is 17.9 Å². The van der Waals surface area contributed by atoms with Crippen LogP contribution < -0.4 is 32.3 Å². The van der Waals surface area contributed by atoms with E-state index in [0.717, 1.165) is 49.5 Å². The molecule has 2 fully saturated rings. The molecule has 0 radical (unpaired) electrons. The average molecular weight is 664 g/mol. The number of carboxylic acid groups (broad SMARTS) is 1. The molecule has 2 unspecified atom stereocenters. The number of rotatable bonds is 7. The number of carbonyl (C=O) groups excluding carboxylic acids is 2. The molecule has 6 rings (SSSR count). The van der Waals surface area contributed by atoms with Crippen molar-refractivity contribution < 1.29 is 24.4 Å². The molecule has 0 saturated carbocycles. The van der Waals surface area contributed by atoms with E-state index >= 15 is 0 Å². The molecule has 17 nitrogen and oxygen atoms in total. The van der Waals surface area contributed by atoms with E-state index in [2.05, 4.69) is 36.5 Å². The number of hydrogen-bond acceptors (Lipinski definition) is 11. The summed E-state index contributed by atoms with van der Waals surface area (Å²) in [6.45, 7) is 6.06. The van der Waals surface area contributed by atoms with Crippen LogP contribution >= 0.6 is 0 Å². The molecule has 2 atom stereocenters. The van der Waals surface area contributed by atoms with Crippen LogP contribution in [0.4, 0.5) is 22.7 Å². The number of carbonyl (C=O) groups is 3. The Morgan fingerprint density at radius 2 is 1.35 bits per heavy atom. The predicted octanol–water partition coefficient (Wildman–Crippen LogP) is 2.53. The number of amides is 2. The molecule has 4 heterocycles. The number of nitrogens with zero attached hydrogens (tertiary/aromatic N) is 7. The SMILES string of the molecule is CC(=O)NC1CCN(c2ccc(N)c(-n3ccnc3)c2)C1.CC(=O)NC1CCN(c2ccc([N+](=O)[O-])c(-n3ccnc3)c2)C1.N.O=CO. The van der Waals surface area contributed by atoms with Gasteiger partial charge in [0.1, 0.15) is 5.69 Å². The third-order valence-corrected chi connectivity index (χ3v) is 7.66. The Hall–Kier alpha value is -5.97. The van der Waals surface area contributed by atoms with Gasteiger partial charge >= 0.3 is 0 Å². The molecule has 8 N–H and O–H groups in total. The zero-order valence-corrected chi connectivity index (χ0v) is 26.8. The summed E-state index contributed by atoms with van der Waals surface area (Å²) in [6, 6.07) is 11.4. The summed E-state index contributed by atoms with van der Waals surface area (Å²) in [5, 5.41) is 24.0. The summed E-state index contributed by atoms with van der Waals surface area (Å²) in [6.07, 6.45) is 12.0. The monoisotopic (exact) mass is 663 g/mol. The highest BCUT2D eigenvalue weighted by atomic mass is 16.6. The van der Waals surface area contributed by atoms with Crippen LogP contribution in [0.2, 0.25) is 0 Å². The second-order valence-corrected chi connectivity index (χ2v) is 11.0. The zero-order valence-electron chi connectivity index (χ0n) is 26.8. The number of benzene rings is 2. The lowest BCUT2D eigenvalue weighted by molar-refractivity contribution is -0.384. The average Bonchev–Trinajstić information content (AvgIpc) is 3.86. The molecule has 0 aliphatic carbocycles. The first-order chi connectivity index (χ1) is 22.6. The molecule has 0 spiro atoms. The predicted molar refractivity (Wildman–Crippen MR) is 181 cm³/mol. The van der Waals surface area contributed by atoms with E-state index in [1.807, 2.05) is 22.9 Å². The number of imidazole rings is 2. The number of nitrogens with two attached hydrogens (primary N) is 1. The van der Waals surface area contributed by atoms with Gasteiger partial charge in [-0.3, -0.25) is 24.5 Å². The molecule has 2 aliphatic heterocycles. The van der Waals surface area contributed by atoms with Gasteiger partial charge in [0.15, 0.2) is 0 Å². The molecular formula is C31H41N11O6. The molecule has 2 amide bonds. The Morgan fingerprint density at radius 3 is 1.79 bits per heavy atom. The standard InChI is InChI=1S/C15H17N5O3.C15H19N5O.CH2O2.H3N/c1-11(21)17-12-4-6-18(9-12)13-2-3-14(20(22)23)15(8-13)19-7-5-16-10-19;1-11(21)18-12-4-6-19(9-12)13-2-3-14(16)15(8-13)20-7-5-17-10-20;2-1-3;/h2-3,5,7-8,10,12H,4,6,9H2,1H3,(H,17,21);2-3,5,7-8,10,12H,4,6,9,16H2,1H3,(H,18,21);1H,(H,2,3);1H3. The molecule has 17 heteroatoms. The Labute approximate surface area is 277 Å². The number of nitro benzene ring substituents is 1. The third-order valence-electron chi connectivity index (χ3n) is 7.66. The van der Waals surface area contributed by atoms with Crippen molar-refractivity contribution in [3.63, 3.8) is 0 Å². The van der Waals surface area contributed by atoms with E-state index in [9.17, 15) is 19.7 Å². The van der Waals surface area contributed by atoms with Gasteiger partial charge in [-0.2, -0.15) is 0 Å². The van der Waals surface area contributed by atoms with Crippen LogP contribution in [0, 0.1) is 10.1 Å². The maximum Gasteiger partial charge on any atom is 0.293 e. The van der Waals surface area contributed by atoms with Gasteiger partial charge in [0.25, 0.3) is 12.2 Å². The first kappa shape index (κ1) is 36.5. The quantitative estimate of drug-likeness (QED) is 0.0829. The number of nitro groups is 1. The minimum Gasteiger partial charge on any atom is -0.483 e. The highest BCUT2D eigenvalue weighted by Gasteiger charge is 2.26. The molecular weight excluding hydrogens is 622 g/mol. The lowest BCUT2D eigenvalue weighted by Gasteiger charge is -2.20. The molecule has 4 aromatic rings. The van der Waals surface area contributed by atoms with Crippen molar-refractivity contribution >= 4 is 41.0 Å². The van der Waals surface area contributed by atoms with Gasteiger partial charge in [-0.1, -0.05) is 0 Å². The smallest absolute Gasteiger partial charge is 0.293 e. The fraction of sp³-hybridized carbons (Fsp3) is 0.323. The highest BCUT2D eigenvalue weighted by molar-refractivity contribution is 5.74. The van der Waals surface area contributed by atoms with E-state index in [4.69, 9.17) is 15.6 Å². The summed E-state index contributed by atoms with van der Waals surface area (Å²) in [5.74, 6) is -0.0158. The van der Waals surface area contributed by atoms with Gasteiger partial charge in [0.05, 0.1) is 29.0 Å². The van der Waals surface area contributed by atoms with Crippen LogP contribution in [-0.4, -0.2) is 85.7 Å². The van der Waals surface area contributed by atoms with E-state index in [1.165, 1.54) is 19.3 Å². The van der Waals surface area contributed by atoms with Crippen LogP contribution in [0.1, 0.15) is 26.7 Å². The Kier molecular flexibility index (Phi) is 13.0. The Balaban J connectivity index is 0.000000237. The minimum atomic E-state index is -0.400. The van der Waals surface area contributed by atoms with Crippen molar-refractivity contribution in [3.05, 3.63) is 84.0 Å². The number of anilines is 3. The fourth-order valence-corrected chi connectivity index (χ4v) is 5.63. The van der Waals surface area contributed by atoms with Crippen molar-refractivity contribution in [1.29, 1.82) is 0 Å². The maximum absolute atomic E-state index is 11.2. The molecule has 48 heavy (non-hydrogen) atoms. The summed E-state index contributed by atoms with van der Waals surface area (Å²) >= 11 is 0. The number of nitrogen functional groups attached to an aromatic ring is 1. The first-order valence-corrected chi connectivity index (χ1v) is 14.9. The first-order valence-electron chi connectivity index (χ1n) is 14.9. The van der Waals surface area contributed by atoms with Crippen LogP contribution in [-0.2, 0) is 14.4 Å². The normalized spacial score (nSPS) is 16.4. The topological polar surface area (TPSA) is 242 Å². The molecule has 2 aromatic heterocycles. The van der Waals surface area contributed by atoms with Crippen molar-refractivity contribution in [3.8, 4) is 11.4 Å².